The Labute approximate surface area is 120 Å². The summed E-state index contributed by atoms with van der Waals surface area (Å²) in [6.07, 6.45) is 2.08. The number of aryl methyl sites for hydroxylation is 1. The lowest BCUT2D eigenvalue weighted by Gasteiger charge is -2.30. The van der Waals surface area contributed by atoms with Gasteiger partial charge in [0.1, 0.15) is 0 Å². The maximum absolute atomic E-state index is 5.66. The van der Waals surface area contributed by atoms with Crippen molar-refractivity contribution in [3.05, 3.63) is 30.0 Å². The van der Waals surface area contributed by atoms with Gasteiger partial charge < -0.3 is 10.1 Å². The van der Waals surface area contributed by atoms with Gasteiger partial charge in [-0.3, -0.25) is 4.68 Å². The molecule has 1 fully saturated rings. The lowest BCUT2D eigenvalue weighted by Crippen LogP contribution is -2.42. The Morgan fingerprint density at radius 3 is 3.05 bits per heavy atom. The molecule has 0 radical (unpaired) electrons. The van der Waals surface area contributed by atoms with Gasteiger partial charge in [-0.2, -0.15) is 5.10 Å². The van der Waals surface area contributed by atoms with E-state index in [1.807, 2.05) is 7.05 Å². The molecule has 4 nitrogen and oxygen atoms in total. The molecule has 2 aromatic rings. The molecule has 1 N–H and O–H groups in total. The van der Waals surface area contributed by atoms with Crippen molar-refractivity contribution in [2.24, 2.45) is 5.92 Å². The van der Waals surface area contributed by atoms with Crippen LogP contribution in [-0.2, 0) is 17.7 Å². The fourth-order valence-corrected chi connectivity index (χ4v) is 3.21. The molecule has 4 heteroatoms. The summed E-state index contributed by atoms with van der Waals surface area (Å²) >= 11 is 0. The standard InChI is InChI=1S/C16H23N3O/c1-3-19-16-7-5-4-6-13(16)15(18-19)10-12-11-20-9-8-14(12)17-2/h4-7,12,14,17H,3,8-11H2,1-2H3. The number of aromatic nitrogens is 2. The maximum Gasteiger partial charge on any atom is 0.0707 e. The van der Waals surface area contributed by atoms with Crippen molar-refractivity contribution >= 4 is 10.9 Å². The maximum atomic E-state index is 5.66. The molecule has 20 heavy (non-hydrogen) atoms. The molecule has 1 saturated heterocycles. The van der Waals surface area contributed by atoms with Gasteiger partial charge in [-0.1, -0.05) is 18.2 Å². The topological polar surface area (TPSA) is 39.1 Å². The Bertz CT molecular complexity index is 578. The van der Waals surface area contributed by atoms with Gasteiger partial charge >= 0.3 is 0 Å². The molecular weight excluding hydrogens is 250 g/mol. The van der Waals surface area contributed by atoms with E-state index in [1.165, 1.54) is 16.6 Å². The van der Waals surface area contributed by atoms with Crippen molar-refractivity contribution in [2.45, 2.75) is 32.4 Å². The first-order valence-corrected chi connectivity index (χ1v) is 7.53. The lowest BCUT2D eigenvalue weighted by atomic mass is 9.90. The zero-order chi connectivity index (χ0) is 13.9. The fraction of sp³-hybridized carbons (Fsp3) is 0.562. The Kier molecular flexibility index (Phi) is 4.03. The molecule has 2 unspecified atom stereocenters. The van der Waals surface area contributed by atoms with Crippen LogP contribution in [-0.4, -0.2) is 36.1 Å². The number of nitrogens with one attached hydrogen (secondary N) is 1. The summed E-state index contributed by atoms with van der Waals surface area (Å²) in [5.41, 5.74) is 2.45. The van der Waals surface area contributed by atoms with E-state index < -0.39 is 0 Å². The smallest absolute Gasteiger partial charge is 0.0707 e. The minimum Gasteiger partial charge on any atom is -0.381 e. The molecule has 2 heterocycles. The van der Waals surface area contributed by atoms with Crippen LogP contribution in [0.3, 0.4) is 0 Å². The van der Waals surface area contributed by atoms with Crippen molar-refractivity contribution in [1.82, 2.24) is 15.1 Å². The second-order valence-electron chi connectivity index (χ2n) is 5.50. The summed E-state index contributed by atoms with van der Waals surface area (Å²) < 4.78 is 7.76. The van der Waals surface area contributed by atoms with Crippen LogP contribution >= 0.6 is 0 Å². The number of hydrogen-bond acceptors (Lipinski definition) is 3. The second kappa shape index (κ2) is 5.94. The van der Waals surface area contributed by atoms with Crippen LogP contribution in [0.15, 0.2) is 24.3 Å². The van der Waals surface area contributed by atoms with Crippen LogP contribution in [0.1, 0.15) is 19.0 Å². The molecule has 0 aliphatic carbocycles. The largest absolute Gasteiger partial charge is 0.381 e. The van der Waals surface area contributed by atoms with Gasteiger partial charge in [-0.15, -0.1) is 0 Å². The third kappa shape index (κ3) is 2.45. The normalized spacial score (nSPS) is 23.3. The van der Waals surface area contributed by atoms with E-state index in [1.54, 1.807) is 0 Å². The number of ether oxygens (including phenoxy) is 1. The van der Waals surface area contributed by atoms with E-state index in [4.69, 9.17) is 9.84 Å². The average molecular weight is 273 g/mol. The van der Waals surface area contributed by atoms with Gasteiger partial charge in [0.15, 0.2) is 0 Å². The van der Waals surface area contributed by atoms with Crippen LogP contribution < -0.4 is 5.32 Å². The van der Waals surface area contributed by atoms with Gasteiger partial charge in [-0.25, -0.2) is 0 Å². The van der Waals surface area contributed by atoms with Crippen molar-refractivity contribution in [3.63, 3.8) is 0 Å². The fourth-order valence-electron chi connectivity index (χ4n) is 3.21. The summed E-state index contributed by atoms with van der Waals surface area (Å²) in [5, 5.41) is 9.52. The summed E-state index contributed by atoms with van der Waals surface area (Å²) in [5.74, 6) is 0.511. The predicted molar refractivity (Wildman–Crippen MR) is 80.9 cm³/mol. The zero-order valence-corrected chi connectivity index (χ0v) is 12.3. The highest BCUT2D eigenvalue weighted by molar-refractivity contribution is 5.81. The highest BCUT2D eigenvalue weighted by Gasteiger charge is 2.26. The van der Waals surface area contributed by atoms with Gasteiger partial charge in [0.05, 0.1) is 17.8 Å². The van der Waals surface area contributed by atoms with Crippen molar-refractivity contribution in [2.75, 3.05) is 20.3 Å². The van der Waals surface area contributed by atoms with Gasteiger partial charge in [0.2, 0.25) is 0 Å². The van der Waals surface area contributed by atoms with Crippen molar-refractivity contribution in [3.8, 4) is 0 Å². The van der Waals surface area contributed by atoms with Gasteiger partial charge in [0, 0.05) is 30.5 Å². The number of para-hydroxylation sites is 1. The van der Waals surface area contributed by atoms with E-state index in [0.717, 1.165) is 32.6 Å². The number of benzene rings is 1. The third-order valence-corrected chi connectivity index (χ3v) is 4.33. The van der Waals surface area contributed by atoms with Crippen LogP contribution in [0, 0.1) is 5.92 Å². The van der Waals surface area contributed by atoms with Crippen molar-refractivity contribution < 1.29 is 4.74 Å². The highest BCUT2D eigenvalue weighted by Crippen LogP contribution is 2.24. The van der Waals surface area contributed by atoms with E-state index in [-0.39, 0.29) is 0 Å². The Morgan fingerprint density at radius 2 is 2.25 bits per heavy atom. The summed E-state index contributed by atoms with van der Waals surface area (Å²) in [7, 11) is 2.05. The van der Waals surface area contributed by atoms with Gasteiger partial charge in [-0.05, 0) is 32.9 Å². The molecule has 1 aliphatic rings. The van der Waals surface area contributed by atoms with Crippen molar-refractivity contribution in [1.29, 1.82) is 0 Å². The Hall–Kier alpha value is -1.39. The highest BCUT2D eigenvalue weighted by atomic mass is 16.5. The number of hydrogen-bond donors (Lipinski definition) is 1. The van der Waals surface area contributed by atoms with Crippen LogP contribution in [0.4, 0.5) is 0 Å². The first kappa shape index (κ1) is 13.6. The first-order valence-electron chi connectivity index (χ1n) is 7.53. The van der Waals surface area contributed by atoms with Gasteiger partial charge in [0.25, 0.3) is 0 Å². The molecular formula is C16H23N3O. The summed E-state index contributed by atoms with van der Waals surface area (Å²) in [6, 6.07) is 9.05. The molecule has 1 aliphatic heterocycles. The minimum absolute atomic E-state index is 0.511. The molecule has 2 atom stereocenters. The molecule has 0 bridgehead atoms. The average Bonchev–Trinajstić information content (AvgIpc) is 2.86. The van der Waals surface area contributed by atoms with E-state index in [2.05, 4.69) is 41.2 Å². The number of nitrogens with zero attached hydrogens (tertiary/aromatic N) is 2. The van der Waals surface area contributed by atoms with Crippen LogP contribution in [0.2, 0.25) is 0 Å². The monoisotopic (exact) mass is 273 g/mol. The number of rotatable bonds is 4. The lowest BCUT2D eigenvalue weighted by molar-refractivity contribution is 0.0339. The molecule has 108 valence electrons. The Morgan fingerprint density at radius 1 is 1.40 bits per heavy atom. The SMILES string of the molecule is CCn1nc(CC2COCCC2NC)c2ccccc21. The van der Waals surface area contributed by atoms with E-state index >= 15 is 0 Å². The molecule has 0 amide bonds. The summed E-state index contributed by atoms with van der Waals surface area (Å²) in [4.78, 5) is 0. The third-order valence-electron chi connectivity index (χ3n) is 4.33. The quantitative estimate of drug-likeness (QED) is 0.928. The van der Waals surface area contributed by atoms with E-state index in [9.17, 15) is 0 Å². The molecule has 1 aromatic carbocycles. The van der Waals surface area contributed by atoms with Crippen LogP contribution in [0.5, 0.6) is 0 Å². The first-order chi connectivity index (χ1) is 9.83. The zero-order valence-electron chi connectivity index (χ0n) is 12.3. The molecule has 3 rings (SSSR count). The Balaban J connectivity index is 1.90. The minimum atomic E-state index is 0.511. The van der Waals surface area contributed by atoms with Crippen LogP contribution in [0.25, 0.3) is 10.9 Å². The molecule has 0 spiro atoms. The molecule has 0 saturated carbocycles. The number of fused-ring (bicyclic) bond motifs is 1. The molecule has 1 aromatic heterocycles. The summed E-state index contributed by atoms with van der Waals surface area (Å²) in [6.45, 7) is 4.76. The second-order valence-corrected chi connectivity index (χ2v) is 5.50. The predicted octanol–water partition coefficient (Wildman–Crippen LogP) is 2.22. The van der Waals surface area contributed by atoms with E-state index in [0.29, 0.717) is 12.0 Å².